The molecule has 0 fully saturated rings. The first-order chi connectivity index (χ1) is 11.7. The maximum atomic E-state index is 12.0. The Labute approximate surface area is 144 Å². The minimum atomic E-state index is -0.0986. The van der Waals surface area contributed by atoms with Crippen LogP contribution in [0.15, 0.2) is 48.1 Å². The Kier molecular flexibility index (Phi) is 5.12. The number of amides is 1. The average Bonchev–Trinajstić information content (AvgIpc) is 3.08. The predicted molar refractivity (Wildman–Crippen MR) is 93.8 cm³/mol. The molecule has 0 saturated heterocycles. The summed E-state index contributed by atoms with van der Waals surface area (Å²) < 4.78 is 0. The van der Waals surface area contributed by atoms with Crippen molar-refractivity contribution < 1.29 is 4.79 Å². The van der Waals surface area contributed by atoms with Gasteiger partial charge in [-0.15, -0.1) is 11.3 Å². The monoisotopic (exact) mass is 339 g/mol. The predicted octanol–water partition coefficient (Wildman–Crippen LogP) is 2.78. The summed E-state index contributed by atoms with van der Waals surface area (Å²) in [4.78, 5) is 24.9. The molecule has 6 nitrogen and oxygen atoms in total. The van der Waals surface area contributed by atoms with Crippen molar-refractivity contribution in [2.24, 2.45) is 0 Å². The molecule has 24 heavy (non-hydrogen) atoms. The van der Waals surface area contributed by atoms with Gasteiger partial charge in [0.15, 0.2) is 0 Å². The number of nitrogens with one attached hydrogen (secondary N) is 2. The molecular weight excluding hydrogens is 322 g/mol. The molecule has 0 aliphatic rings. The van der Waals surface area contributed by atoms with Gasteiger partial charge in [0.25, 0.3) is 5.91 Å². The van der Waals surface area contributed by atoms with E-state index in [2.05, 4.69) is 25.6 Å². The van der Waals surface area contributed by atoms with Crippen molar-refractivity contribution in [2.75, 3.05) is 5.32 Å². The Morgan fingerprint density at radius 3 is 2.62 bits per heavy atom. The number of nitrogens with zero attached hydrogens (tertiary/aromatic N) is 3. The molecule has 0 bridgehead atoms. The zero-order chi connectivity index (χ0) is 16.8. The van der Waals surface area contributed by atoms with Crippen molar-refractivity contribution >= 4 is 23.2 Å². The van der Waals surface area contributed by atoms with Crippen LogP contribution < -0.4 is 10.6 Å². The largest absolute Gasteiger partial charge is 0.349 e. The van der Waals surface area contributed by atoms with Gasteiger partial charge in [-0.1, -0.05) is 18.2 Å². The molecule has 0 aliphatic carbocycles. The lowest BCUT2D eigenvalue weighted by molar-refractivity contribution is 0.0951. The third-order valence-electron chi connectivity index (χ3n) is 3.24. The highest BCUT2D eigenvalue weighted by Crippen LogP contribution is 2.11. The summed E-state index contributed by atoms with van der Waals surface area (Å²) in [5, 5.41) is 8.82. The number of hydrogen-bond acceptors (Lipinski definition) is 6. The number of anilines is 1. The zero-order valence-corrected chi connectivity index (χ0v) is 14.0. The summed E-state index contributed by atoms with van der Waals surface area (Å²) in [5.41, 5.74) is 2.56. The molecule has 122 valence electrons. The van der Waals surface area contributed by atoms with Gasteiger partial charge < -0.3 is 10.6 Å². The van der Waals surface area contributed by atoms with Gasteiger partial charge in [-0.05, 0) is 24.6 Å². The van der Waals surface area contributed by atoms with E-state index in [0.717, 1.165) is 16.3 Å². The molecular formula is C17H17N5OS. The van der Waals surface area contributed by atoms with Crippen LogP contribution in [0, 0.1) is 6.92 Å². The van der Waals surface area contributed by atoms with Crippen molar-refractivity contribution in [2.45, 2.75) is 20.0 Å². The van der Waals surface area contributed by atoms with Crippen LogP contribution in [0.3, 0.4) is 0 Å². The van der Waals surface area contributed by atoms with Gasteiger partial charge in [-0.2, -0.15) is 0 Å². The molecule has 1 aromatic carbocycles. The summed E-state index contributed by atoms with van der Waals surface area (Å²) in [5.74, 6) is 0.478. The molecule has 7 heteroatoms. The second-order valence-electron chi connectivity index (χ2n) is 5.22. The van der Waals surface area contributed by atoms with Gasteiger partial charge in [0.05, 0.1) is 18.8 Å². The lowest BCUT2D eigenvalue weighted by Crippen LogP contribution is -2.22. The lowest BCUT2D eigenvalue weighted by Gasteiger charge is -2.03. The van der Waals surface area contributed by atoms with Crippen LogP contribution in [-0.2, 0) is 13.1 Å². The van der Waals surface area contributed by atoms with E-state index in [1.807, 2.05) is 30.5 Å². The Bertz CT molecular complexity index is 801. The first kappa shape index (κ1) is 16.1. The second-order valence-corrected chi connectivity index (χ2v) is 6.16. The smallest absolute Gasteiger partial charge is 0.251 e. The molecule has 0 radical (unpaired) electrons. The molecule has 0 aliphatic heterocycles. The van der Waals surface area contributed by atoms with Crippen LogP contribution in [-0.4, -0.2) is 20.9 Å². The third kappa shape index (κ3) is 4.36. The van der Waals surface area contributed by atoms with Crippen LogP contribution >= 0.6 is 11.3 Å². The lowest BCUT2D eigenvalue weighted by atomic mass is 10.2. The standard InChI is InChI=1S/C17H17N5OS/c1-12-7-19-17(20-8-12)21-9-14-11-24-15(22-14)10-18-16(23)13-5-3-2-4-6-13/h2-8,11H,9-10H2,1H3,(H,18,23)(H,19,20,21). The van der Waals surface area contributed by atoms with Crippen LogP contribution in [0.2, 0.25) is 0 Å². The van der Waals surface area contributed by atoms with Crippen LogP contribution in [0.4, 0.5) is 5.95 Å². The maximum absolute atomic E-state index is 12.0. The summed E-state index contributed by atoms with van der Waals surface area (Å²) in [6.07, 6.45) is 3.53. The fraction of sp³-hybridized carbons (Fsp3) is 0.176. The molecule has 3 aromatic rings. The maximum Gasteiger partial charge on any atom is 0.251 e. The van der Waals surface area contributed by atoms with E-state index in [-0.39, 0.29) is 5.91 Å². The highest BCUT2D eigenvalue weighted by Gasteiger charge is 2.07. The first-order valence-electron chi connectivity index (χ1n) is 7.50. The summed E-state index contributed by atoms with van der Waals surface area (Å²) in [7, 11) is 0. The molecule has 0 unspecified atom stereocenters. The van der Waals surface area contributed by atoms with E-state index in [4.69, 9.17) is 0 Å². The third-order valence-corrected chi connectivity index (χ3v) is 4.14. The van der Waals surface area contributed by atoms with E-state index in [1.54, 1.807) is 24.5 Å². The van der Waals surface area contributed by atoms with Crippen molar-refractivity contribution in [3.63, 3.8) is 0 Å². The van der Waals surface area contributed by atoms with Gasteiger partial charge in [-0.3, -0.25) is 4.79 Å². The average molecular weight is 339 g/mol. The number of carbonyl (C=O) groups excluding carboxylic acids is 1. The fourth-order valence-corrected chi connectivity index (χ4v) is 2.75. The Balaban J connectivity index is 1.50. The highest BCUT2D eigenvalue weighted by molar-refractivity contribution is 7.09. The van der Waals surface area contributed by atoms with Gasteiger partial charge in [0.2, 0.25) is 5.95 Å². The summed E-state index contributed by atoms with van der Waals surface area (Å²) in [6, 6.07) is 9.14. The number of carbonyl (C=O) groups is 1. The van der Waals surface area contributed by atoms with Crippen molar-refractivity contribution in [3.8, 4) is 0 Å². The number of aryl methyl sites for hydroxylation is 1. The SMILES string of the molecule is Cc1cnc(NCc2csc(CNC(=O)c3ccccc3)n2)nc1. The topological polar surface area (TPSA) is 79.8 Å². The Hall–Kier alpha value is -2.80. The Morgan fingerprint density at radius 2 is 1.88 bits per heavy atom. The van der Waals surface area contributed by atoms with Gasteiger partial charge in [0, 0.05) is 23.3 Å². The van der Waals surface area contributed by atoms with Gasteiger partial charge in [-0.25, -0.2) is 15.0 Å². The molecule has 2 N–H and O–H groups in total. The first-order valence-corrected chi connectivity index (χ1v) is 8.38. The second kappa shape index (κ2) is 7.65. The molecule has 0 spiro atoms. The fourth-order valence-electron chi connectivity index (χ4n) is 2.01. The number of thiazole rings is 1. The highest BCUT2D eigenvalue weighted by atomic mass is 32.1. The molecule has 2 heterocycles. The van der Waals surface area contributed by atoms with E-state index in [0.29, 0.717) is 24.6 Å². The van der Waals surface area contributed by atoms with Crippen molar-refractivity contribution in [1.82, 2.24) is 20.3 Å². The van der Waals surface area contributed by atoms with Crippen LogP contribution in [0.25, 0.3) is 0 Å². The van der Waals surface area contributed by atoms with E-state index in [9.17, 15) is 4.79 Å². The molecule has 1 amide bonds. The number of aromatic nitrogens is 3. The van der Waals surface area contributed by atoms with E-state index in [1.165, 1.54) is 11.3 Å². The normalized spacial score (nSPS) is 10.4. The number of benzene rings is 1. The van der Waals surface area contributed by atoms with E-state index < -0.39 is 0 Å². The Morgan fingerprint density at radius 1 is 1.12 bits per heavy atom. The van der Waals surface area contributed by atoms with Crippen molar-refractivity contribution in [3.05, 3.63) is 69.9 Å². The minimum Gasteiger partial charge on any atom is -0.349 e. The van der Waals surface area contributed by atoms with E-state index >= 15 is 0 Å². The molecule has 2 aromatic heterocycles. The number of rotatable bonds is 6. The van der Waals surface area contributed by atoms with Crippen LogP contribution in [0.1, 0.15) is 26.6 Å². The summed E-state index contributed by atoms with van der Waals surface area (Å²) >= 11 is 1.52. The van der Waals surface area contributed by atoms with Crippen molar-refractivity contribution in [1.29, 1.82) is 0 Å². The van der Waals surface area contributed by atoms with Gasteiger partial charge in [0.1, 0.15) is 5.01 Å². The zero-order valence-electron chi connectivity index (χ0n) is 13.2. The minimum absolute atomic E-state index is 0.0986. The summed E-state index contributed by atoms with van der Waals surface area (Å²) in [6.45, 7) is 2.91. The molecule has 3 rings (SSSR count). The molecule has 0 saturated carbocycles. The number of hydrogen-bond donors (Lipinski definition) is 2. The molecule has 0 atom stereocenters. The quantitative estimate of drug-likeness (QED) is 0.722. The van der Waals surface area contributed by atoms with Gasteiger partial charge >= 0.3 is 0 Å². The van der Waals surface area contributed by atoms with Crippen LogP contribution in [0.5, 0.6) is 0 Å².